The van der Waals surface area contributed by atoms with Gasteiger partial charge in [0.1, 0.15) is 0 Å². The quantitative estimate of drug-likeness (QED) is 0.799. The van der Waals surface area contributed by atoms with Crippen molar-refractivity contribution < 1.29 is 4.74 Å². The number of ether oxygens (including phenoxy) is 1. The van der Waals surface area contributed by atoms with Crippen LogP contribution in [0.15, 0.2) is 18.2 Å². The van der Waals surface area contributed by atoms with Gasteiger partial charge in [-0.3, -0.25) is 0 Å². The molecule has 0 aliphatic carbocycles. The summed E-state index contributed by atoms with van der Waals surface area (Å²) >= 11 is 6.04. The second-order valence-corrected chi connectivity index (χ2v) is 4.59. The monoisotopic (exact) mass is 237 g/mol. The molecule has 0 amide bonds. The Labute approximate surface area is 102 Å². The molecule has 2 nitrogen and oxygen atoms in total. The van der Waals surface area contributed by atoms with E-state index in [0.29, 0.717) is 23.1 Å². The molecule has 3 heteroatoms. The maximum absolute atomic E-state index is 8.70. The summed E-state index contributed by atoms with van der Waals surface area (Å²) in [5.74, 6) is 0.483. The standard InChI is InChI=1S/C13H16ClNO/c1-9(2)10(3)16-8-12-5-4-11(7-15)6-13(12)14/h4-6,9-10H,8H2,1-3H3. The first-order valence-corrected chi connectivity index (χ1v) is 5.72. The van der Waals surface area contributed by atoms with Gasteiger partial charge in [-0.1, -0.05) is 31.5 Å². The molecule has 0 aliphatic heterocycles. The fourth-order valence-corrected chi connectivity index (χ4v) is 1.38. The average Bonchev–Trinajstić information content (AvgIpc) is 2.26. The van der Waals surface area contributed by atoms with Gasteiger partial charge in [-0.25, -0.2) is 0 Å². The first kappa shape index (κ1) is 13.0. The van der Waals surface area contributed by atoms with E-state index in [2.05, 4.69) is 19.9 Å². The molecule has 0 aromatic heterocycles. The lowest BCUT2D eigenvalue weighted by atomic mass is 10.1. The number of halogens is 1. The molecular weight excluding hydrogens is 222 g/mol. The van der Waals surface area contributed by atoms with Gasteiger partial charge in [0.05, 0.1) is 24.3 Å². The van der Waals surface area contributed by atoms with E-state index in [-0.39, 0.29) is 6.10 Å². The van der Waals surface area contributed by atoms with Crippen molar-refractivity contribution in [2.24, 2.45) is 5.92 Å². The summed E-state index contributed by atoms with van der Waals surface area (Å²) in [6.45, 7) is 6.77. The van der Waals surface area contributed by atoms with Crippen LogP contribution in [0.4, 0.5) is 0 Å². The minimum Gasteiger partial charge on any atom is -0.374 e. The maximum atomic E-state index is 8.70. The van der Waals surface area contributed by atoms with Crippen LogP contribution in [0.1, 0.15) is 31.9 Å². The van der Waals surface area contributed by atoms with Gasteiger partial charge in [0, 0.05) is 5.02 Å². The van der Waals surface area contributed by atoms with Crippen LogP contribution >= 0.6 is 11.6 Å². The van der Waals surface area contributed by atoms with Gasteiger partial charge < -0.3 is 4.74 Å². The van der Waals surface area contributed by atoms with E-state index < -0.39 is 0 Å². The van der Waals surface area contributed by atoms with Gasteiger partial charge in [-0.2, -0.15) is 5.26 Å². The summed E-state index contributed by atoms with van der Waals surface area (Å²) in [6.07, 6.45) is 0.201. The molecule has 1 aromatic carbocycles. The Morgan fingerprint density at radius 3 is 2.56 bits per heavy atom. The lowest BCUT2D eigenvalue weighted by Gasteiger charge is -2.17. The van der Waals surface area contributed by atoms with Crippen molar-refractivity contribution in [1.82, 2.24) is 0 Å². The van der Waals surface area contributed by atoms with Gasteiger partial charge in [0.25, 0.3) is 0 Å². The van der Waals surface area contributed by atoms with Crippen molar-refractivity contribution in [3.63, 3.8) is 0 Å². The Morgan fingerprint density at radius 2 is 2.06 bits per heavy atom. The van der Waals surface area contributed by atoms with E-state index in [4.69, 9.17) is 21.6 Å². The van der Waals surface area contributed by atoms with Crippen molar-refractivity contribution in [3.05, 3.63) is 34.3 Å². The predicted molar refractivity (Wildman–Crippen MR) is 65.3 cm³/mol. The minimum atomic E-state index is 0.201. The van der Waals surface area contributed by atoms with Crippen LogP contribution in [0.2, 0.25) is 5.02 Å². The number of benzene rings is 1. The first-order chi connectivity index (χ1) is 7.54. The third kappa shape index (κ3) is 3.52. The molecule has 1 unspecified atom stereocenters. The van der Waals surface area contributed by atoms with Crippen LogP contribution in [0.3, 0.4) is 0 Å². The Balaban J connectivity index is 2.65. The predicted octanol–water partition coefficient (Wildman–Crippen LogP) is 3.77. The Hall–Kier alpha value is -1.04. The third-order valence-corrected chi connectivity index (χ3v) is 2.97. The Kier molecular flexibility index (Phi) is 4.79. The van der Waals surface area contributed by atoms with E-state index in [1.165, 1.54) is 0 Å². The number of hydrogen-bond acceptors (Lipinski definition) is 2. The fraction of sp³-hybridized carbons (Fsp3) is 0.462. The fourth-order valence-electron chi connectivity index (χ4n) is 1.15. The molecular formula is C13H16ClNO. The van der Waals surface area contributed by atoms with Crippen LogP contribution in [0, 0.1) is 17.2 Å². The van der Waals surface area contributed by atoms with Crippen molar-refractivity contribution >= 4 is 11.6 Å². The highest BCUT2D eigenvalue weighted by atomic mass is 35.5. The van der Waals surface area contributed by atoms with E-state index in [1.54, 1.807) is 12.1 Å². The number of rotatable bonds is 4. The summed E-state index contributed by atoms with van der Waals surface area (Å²) in [7, 11) is 0. The molecule has 0 bridgehead atoms. The molecule has 0 N–H and O–H groups in total. The lowest BCUT2D eigenvalue weighted by molar-refractivity contribution is 0.0235. The highest BCUT2D eigenvalue weighted by Crippen LogP contribution is 2.19. The van der Waals surface area contributed by atoms with Crippen LogP contribution in [0.25, 0.3) is 0 Å². The molecule has 0 heterocycles. The number of nitriles is 1. The molecule has 1 rings (SSSR count). The highest BCUT2D eigenvalue weighted by Gasteiger charge is 2.09. The molecule has 0 radical (unpaired) electrons. The van der Waals surface area contributed by atoms with Crippen molar-refractivity contribution in [1.29, 1.82) is 5.26 Å². The summed E-state index contributed by atoms with van der Waals surface area (Å²) in [4.78, 5) is 0. The largest absolute Gasteiger partial charge is 0.374 e. The van der Waals surface area contributed by atoms with Crippen molar-refractivity contribution in [2.75, 3.05) is 0 Å². The second-order valence-electron chi connectivity index (χ2n) is 4.18. The second kappa shape index (κ2) is 5.89. The topological polar surface area (TPSA) is 33.0 Å². The normalized spacial score (nSPS) is 12.5. The first-order valence-electron chi connectivity index (χ1n) is 5.34. The van der Waals surface area contributed by atoms with Gasteiger partial charge in [-0.15, -0.1) is 0 Å². The van der Waals surface area contributed by atoms with E-state index in [0.717, 1.165) is 5.56 Å². The zero-order valence-electron chi connectivity index (χ0n) is 9.83. The van der Waals surface area contributed by atoms with Crippen LogP contribution < -0.4 is 0 Å². The Morgan fingerprint density at radius 1 is 1.38 bits per heavy atom. The third-order valence-electron chi connectivity index (χ3n) is 2.62. The molecule has 0 saturated carbocycles. The summed E-state index contributed by atoms with van der Waals surface area (Å²) in [5.41, 5.74) is 1.50. The van der Waals surface area contributed by atoms with E-state index >= 15 is 0 Å². The van der Waals surface area contributed by atoms with Crippen LogP contribution in [-0.2, 0) is 11.3 Å². The SMILES string of the molecule is CC(C)C(C)OCc1ccc(C#N)cc1Cl. The molecule has 0 aliphatic rings. The van der Waals surface area contributed by atoms with Gasteiger partial charge in [-0.05, 0) is 30.5 Å². The van der Waals surface area contributed by atoms with Crippen LogP contribution in [0.5, 0.6) is 0 Å². The lowest BCUT2D eigenvalue weighted by Crippen LogP contribution is -2.15. The maximum Gasteiger partial charge on any atom is 0.0992 e. The van der Waals surface area contributed by atoms with Crippen molar-refractivity contribution in [3.8, 4) is 6.07 Å². The summed E-state index contributed by atoms with van der Waals surface area (Å²) in [5, 5.41) is 9.30. The minimum absolute atomic E-state index is 0.201. The smallest absolute Gasteiger partial charge is 0.0992 e. The molecule has 1 atom stereocenters. The number of hydrogen-bond donors (Lipinski definition) is 0. The van der Waals surface area contributed by atoms with Crippen molar-refractivity contribution in [2.45, 2.75) is 33.5 Å². The zero-order chi connectivity index (χ0) is 12.1. The molecule has 16 heavy (non-hydrogen) atoms. The molecule has 0 fully saturated rings. The Bertz CT molecular complexity index is 395. The number of nitrogens with zero attached hydrogens (tertiary/aromatic N) is 1. The van der Waals surface area contributed by atoms with Crippen LogP contribution in [-0.4, -0.2) is 6.10 Å². The summed E-state index contributed by atoms with van der Waals surface area (Å²) < 4.78 is 5.68. The molecule has 0 spiro atoms. The molecule has 1 aromatic rings. The van der Waals surface area contributed by atoms with Gasteiger partial charge in [0.2, 0.25) is 0 Å². The molecule has 86 valence electrons. The van der Waals surface area contributed by atoms with E-state index in [1.807, 2.05) is 13.0 Å². The van der Waals surface area contributed by atoms with Gasteiger partial charge >= 0.3 is 0 Å². The zero-order valence-corrected chi connectivity index (χ0v) is 10.6. The van der Waals surface area contributed by atoms with E-state index in [9.17, 15) is 0 Å². The average molecular weight is 238 g/mol. The van der Waals surface area contributed by atoms with Gasteiger partial charge in [0.15, 0.2) is 0 Å². The summed E-state index contributed by atoms with van der Waals surface area (Å²) in [6, 6.07) is 7.32. The molecule has 0 saturated heterocycles. The highest BCUT2D eigenvalue weighted by molar-refractivity contribution is 6.31.